The number of hydrogen-bond donors (Lipinski definition) is 0. The van der Waals surface area contributed by atoms with Gasteiger partial charge in [0.2, 0.25) is 0 Å². The lowest BCUT2D eigenvalue weighted by Gasteiger charge is -2.22. The lowest BCUT2D eigenvalue weighted by atomic mass is 9.81. The van der Waals surface area contributed by atoms with E-state index in [2.05, 4.69) is 15.9 Å². The zero-order valence-corrected chi connectivity index (χ0v) is 9.98. The smallest absolute Gasteiger partial charge is 0.139 e. The predicted octanol–water partition coefficient (Wildman–Crippen LogP) is 3.45. The van der Waals surface area contributed by atoms with E-state index in [0.29, 0.717) is 5.56 Å². The molecule has 0 fully saturated rings. The van der Waals surface area contributed by atoms with Crippen LogP contribution in [0.4, 0.5) is 4.39 Å². The minimum absolute atomic E-state index is 0.0468. The normalized spacial score (nSPS) is 11.5. The quantitative estimate of drug-likeness (QED) is 0.794. The van der Waals surface area contributed by atoms with Crippen LogP contribution in [0, 0.1) is 5.82 Å². The van der Waals surface area contributed by atoms with Crippen LogP contribution in [0.5, 0.6) is 0 Å². The van der Waals surface area contributed by atoms with Gasteiger partial charge in [0.05, 0.1) is 5.41 Å². The van der Waals surface area contributed by atoms with Crippen LogP contribution in [0.25, 0.3) is 0 Å². The van der Waals surface area contributed by atoms with E-state index < -0.39 is 5.41 Å². The molecule has 14 heavy (non-hydrogen) atoms. The highest BCUT2D eigenvalue weighted by molar-refractivity contribution is 9.10. The van der Waals surface area contributed by atoms with Gasteiger partial charge in [-0.25, -0.2) is 4.39 Å². The first kappa shape index (κ1) is 11.4. The zero-order chi connectivity index (χ0) is 10.9. The fourth-order valence-electron chi connectivity index (χ4n) is 1.17. The molecule has 0 radical (unpaired) electrons. The molecule has 0 saturated heterocycles. The number of benzene rings is 1. The summed E-state index contributed by atoms with van der Waals surface area (Å²) in [7, 11) is 0. The number of ketones is 1. The van der Waals surface area contributed by atoms with Crippen molar-refractivity contribution in [1.29, 1.82) is 0 Å². The van der Waals surface area contributed by atoms with E-state index in [0.717, 1.165) is 4.47 Å². The maximum Gasteiger partial charge on any atom is 0.139 e. The zero-order valence-electron chi connectivity index (χ0n) is 8.40. The summed E-state index contributed by atoms with van der Waals surface area (Å²) in [5.41, 5.74) is -0.340. The summed E-state index contributed by atoms with van der Waals surface area (Å²) < 4.78 is 14.2. The van der Waals surface area contributed by atoms with Crippen molar-refractivity contribution in [2.75, 3.05) is 0 Å². The van der Waals surface area contributed by atoms with Gasteiger partial charge < -0.3 is 0 Å². The average Bonchev–Trinajstić information content (AvgIpc) is 2.08. The van der Waals surface area contributed by atoms with Crippen LogP contribution < -0.4 is 0 Å². The highest BCUT2D eigenvalue weighted by Gasteiger charge is 2.29. The van der Waals surface area contributed by atoms with Crippen LogP contribution in [0.2, 0.25) is 0 Å². The van der Waals surface area contributed by atoms with Crippen molar-refractivity contribution in [1.82, 2.24) is 0 Å². The van der Waals surface area contributed by atoms with Crippen molar-refractivity contribution in [3.05, 3.63) is 34.1 Å². The number of carbonyl (C=O) groups is 1. The highest BCUT2D eigenvalue weighted by atomic mass is 79.9. The Morgan fingerprint density at radius 2 is 2.00 bits per heavy atom. The molecule has 0 amide bonds. The number of rotatable bonds is 2. The summed E-state index contributed by atoms with van der Waals surface area (Å²) in [6.45, 7) is 4.92. The summed E-state index contributed by atoms with van der Waals surface area (Å²) in [6, 6.07) is 4.63. The Kier molecular flexibility index (Phi) is 3.10. The van der Waals surface area contributed by atoms with Crippen molar-refractivity contribution < 1.29 is 9.18 Å². The van der Waals surface area contributed by atoms with Gasteiger partial charge in [0.1, 0.15) is 11.6 Å². The summed E-state index contributed by atoms with van der Waals surface area (Å²) in [4.78, 5) is 11.3. The number of hydrogen-bond acceptors (Lipinski definition) is 1. The standard InChI is InChI=1S/C11H12BrFO/c1-7(14)11(2,3)9-6-8(12)4-5-10(9)13/h4-6H,1-3H3. The molecule has 0 aliphatic carbocycles. The molecule has 0 spiro atoms. The van der Waals surface area contributed by atoms with Gasteiger partial charge in [0.25, 0.3) is 0 Å². The van der Waals surface area contributed by atoms with Gasteiger partial charge in [0, 0.05) is 10.0 Å². The average molecular weight is 259 g/mol. The van der Waals surface area contributed by atoms with Crippen molar-refractivity contribution in [2.45, 2.75) is 26.2 Å². The lowest BCUT2D eigenvalue weighted by Crippen LogP contribution is -2.27. The van der Waals surface area contributed by atoms with Crippen molar-refractivity contribution >= 4 is 21.7 Å². The van der Waals surface area contributed by atoms with Crippen LogP contribution in [-0.2, 0) is 10.2 Å². The third-order valence-corrected chi connectivity index (χ3v) is 2.98. The minimum atomic E-state index is -0.770. The molecule has 0 heterocycles. The fraction of sp³-hybridized carbons (Fsp3) is 0.364. The molecule has 0 aliphatic heterocycles. The van der Waals surface area contributed by atoms with E-state index in [4.69, 9.17) is 0 Å². The Balaban J connectivity index is 3.31. The van der Waals surface area contributed by atoms with E-state index >= 15 is 0 Å². The Bertz CT molecular complexity index is 372. The van der Waals surface area contributed by atoms with Gasteiger partial charge in [-0.3, -0.25) is 4.79 Å². The SMILES string of the molecule is CC(=O)C(C)(C)c1cc(Br)ccc1F. The molecule has 76 valence electrons. The Labute approximate surface area is 91.5 Å². The molecule has 0 aromatic heterocycles. The van der Waals surface area contributed by atoms with Crippen molar-refractivity contribution in [3.63, 3.8) is 0 Å². The monoisotopic (exact) mass is 258 g/mol. The van der Waals surface area contributed by atoms with Gasteiger partial charge in [-0.05, 0) is 39.0 Å². The van der Waals surface area contributed by atoms with Crippen LogP contribution in [-0.4, -0.2) is 5.78 Å². The first-order valence-corrected chi connectivity index (χ1v) is 5.11. The van der Waals surface area contributed by atoms with Crippen LogP contribution in [0.15, 0.2) is 22.7 Å². The number of Topliss-reactive ketones (excluding diaryl/α,β-unsaturated/α-hetero) is 1. The molecule has 0 N–H and O–H groups in total. The second kappa shape index (κ2) is 3.81. The van der Waals surface area contributed by atoms with Crippen molar-refractivity contribution in [2.24, 2.45) is 0 Å². The second-order valence-corrected chi connectivity index (χ2v) is 4.72. The molecule has 1 rings (SSSR count). The molecule has 0 aliphatic rings. The largest absolute Gasteiger partial charge is 0.299 e. The van der Waals surface area contributed by atoms with E-state index in [9.17, 15) is 9.18 Å². The molecule has 0 bridgehead atoms. The van der Waals surface area contributed by atoms with Crippen molar-refractivity contribution in [3.8, 4) is 0 Å². The molecule has 0 saturated carbocycles. The van der Waals surface area contributed by atoms with E-state index in [1.54, 1.807) is 26.0 Å². The Morgan fingerprint density at radius 1 is 1.43 bits per heavy atom. The highest BCUT2D eigenvalue weighted by Crippen LogP contribution is 2.29. The van der Waals surface area contributed by atoms with Gasteiger partial charge in [-0.15, -0.1) is 0 Å². The molecule has 1 aromatic rings. The minimum Gasteiger partial charge on any atom is -0.299 e. The number of carbonyl (C=O) groups excluding carboxylic acids is 1. The first-order chi connectivity index (χ1) is 6.35. The third-order valence-electron chi connectivity index (χ3n) is 2.48. The Hall–Kier alpha value is -0.700. The summed E-state index contributed by atoms with van der Waals surface area (Å²) in [5, 5.41) is 0. The maximum absolute atomic E-state index is 13.5. The lowest BCUT2D eigenvalue weighted by molar-refractivity contribution is -0.121. The molecule has 1 aromatic carbocycles. The van der Waals surface area contributed by atoms with Crippen LogP contribution >= 0.6 is 15.9 Å². The molecule has 0 unspecified atom stereocenters. The summed E-state index contributed by atoms with van der Waals surface area (Å²) in [6.07, 6.45) is 0. The summed E-state index contributed by atoms with van der Waals surface area (Å²) >= 11 is 3.26. The molecule has 3 heteroatoms. The van der Waals surface area contributed by atoms with E-state index in [1.165, 1.54) is 13.0 Å². The second-order valence-electron chi connectivity index (χ2n) is 3.81. The van der Waals surface area contributed by atoms with Gasteiger partial charge >= 0.3 is 0 Å². The van der Waals surface area contributed by atoms with Gasteiger partial charge in [-0.2, -0.15) is 0 Å². The molecule has 1 nitrogen and oxygen atoms in total. The number of halogens is 2. The molecular weight excluding hydrogens is 247 g/mol. The van der Waals surface area contributed by atoms with Gasteiger partial charge in [0.15, 0.2) is 0 Å². The van der Waals surface area contributed by atoms with Crippen LogP contribution in [0.3, 0.4) is 0 Å². The van der Waals surface area contributed by atoms with Gasteiger partial charge in [-0.1, -0.05) is 15.9 Å². The Morgan fingerprint density at radius 3 is 2.50 bits per heavy atom. The third kappa shape index (κ3) is 2.03. The van der Waals surface area contributed by atoms with E-state index in [-0.39, 0.29) is 11.6 Å². The fourth-order valence-corrected chi connectivity index (χ4v) is 1.53. The molecular formula is C11H12BrFO. The maximum atomic E-state index is 13.5. The van der Waals surface area contributed by atoms with E-state index in [1.807, 2.05) is 0 Å². The molecule has 0 atom stereocenters. The predicted molar refractivity (Wildman–Crippen MR) is 57.8 cm³/mol. The van der Waals surface area contributed by atoms with Crippen LogP contribution in [0.1, 0.15) is 26.3 Å². The topological polar surface area (TPSA) is 17.1 Å². The summed E-state index contributed by atoms with van der Waals surface area (Å²) in [5.74, 6) is -0.386. The first-order valence-electron chi connectivity index (χ1n) is 4.32.